The average molecular weight is 220 g/mol. The zero-order chi connectivity index (χ0) is 11.0. The van der Waals surface area contributed by atoms with E-state index in [1.807, 2.05) is 24.4 Å². The SMILES string of the molecule is CC(=O)c1c(C)[nH]c(-c2cccs2)c1N. The quantitative estimate of drug-likeness (QED) is 0.764. The summed E-state index contributed by atoms with van der Waals surface area (Å²) in [4.78, 5) is 15.6. The Morgan fingerprint density at radius 3 is 2.73 bits per heavy atom. The maximum absolute atomic E-state index is 11.4. The lowest BCUT2D eigenvalue weighted by atomic mass is 10.1. The number of thiophene rings is 1. The molecule has 4 heteroatoms. The molecule has 0 fully saturated rings. The number of carbonyl (C=O) groups is 1. The van der Waals surface area contributed by atoms with Gasteiger partial charge in [0.05, 0.1) is 21.8 Å². The maximum atomic E-state index is 11.4. The van der Waals surface area contributed by atoms with Crippen LogP contribution in [0.1, 0.15) is 23.0 Å². The number of Topliss-reactive ketones (excluding diaryl/α,β-unsaturated/α-hetero) is 1. The van der Waals surface area contributed by atoms with Crippen LogP contribution in [0.2, 0.25) is 0 Å². The fourth-order valence-corrected chi connectivity index (χ4v) is 2.45. The Balaban J connectivity index is 2.61. The van der Waals surface area contributed by atoms with Crippen LogP contribution >= 0.6 is 11.3 Å². The van der Waals surface area contributed by atoms with E-state index in [2.05, 4.69) is 4.98 Å². The predicted octanol–water partition coefficient (Wildman–Crippen LogP) is 2.84. The molecular formula is C11H12N2OS. The Hall–Kier alpha value is -1.55. The van der Waals surface area contributed by atoms with Gasteiger partial charge in [0.15, 0.2) is 5.78 Å². The molecule has 0 amide bonds. The highest BCUT2D eigenvalue weighted by Crippen LogP contribution is 2.33. The summed E-state index contributed by atoms with van der Waals surface area (Å²) in [5.41, 5.74) is 8.81. The van der Waals surface area contributed by atoms with Crippen molar-refractivity contribution in [2.75, 3.05) is 5.73 Å². The molecule has 2 heterocycles. The Morgan fingerprint density at radius 1 is 1.53 bits per heavy atom. The molecule has 15 heavy (non-hydrogen) atoms. The highest BCUT2D eigenvalue weighted by molar-refractivity contribution is 7.13. The summed E-state index contributed by atoms with van der Waals surface area (Å²) in [7, 11) is 0. The molecular weight excluding hydrogens is 208 g/mol. The number of aromatic nitrogens is 1. The van der Waals surface area contributed by atoms with Gasteiger partial charge in [0, 0.05) is 5.69 Å². The normalized spacial score (nSPS) is 10.5. The van der Waals surface area contributed by atoms with E-state index in [1.54, 1.807) is 11.3 Å². The summed E-state index contributed by atoms with van der Waals surface area (Å²) < 4.78 is 0. The molecule has 0 aliphatic carbocycles. The Morgan fingerprint density at radius 2 is 2.27 bits per heavy atom. The number of aryl methyl sites for hydroxylation is 1. The highest BCUT2D eigenvalue weighted by atomic mass is 32.1. The van der Waals surface area contributed by atoms with Gasteiger partial charge in [-0.1, -0.05) is 6.07 Å². The number of ketones is 1. The summed E-state index contributed by atoms with van der Waals surface area (Å²) in [6.07, 6.45) is 0. The molecule has 78 valence electrons. The van der Waals surface area contributed by atoms with Crippen molar-refractivity contribution >= 4 is 22.8 Å². The van der Waals surface area contributed by atoms with E-state index in [4.69, 9.17) is 5.73 Å². The first-order valence-corrected chi connectivity index (χ1v) is 5.52. The van der Waals surface area contributed by atoms with Crippen molar-refractivity contribution in [3.63, 3.8) is 0 Å². The van der Waals surface area contributed by atoms with Gasteiger partial charge < -0.3 is 10.7 Å². The first-order chi connectivity index (χ1) is 7.11. The first-order valence-electron chi connectivity index (χ1n) is 4.64. The number of hydrogen-bond acceptors (Lipinski definition) is 3. The van der Waals surface area contributed by atoms with Crippen LogP contribution in [0.15, 0.2) is 17.5 Å². The second kappa shape index (κ2) is 3.55. The minimum atomic E-state index is 0.00376. The molecule has 2 aromatic rings. The van der Waals surface area contributed by atoms with Crippen molar-refractivity contribution in [2.45, 2.75) is 13.8 Å². The van der Waals surface area contributed by atoms with Gasteiger partial charge in [0.1, 0.15) is 0 Å². The molecule has 0 saturated carbocycles. The largest absolute Gasteiger partial charge is 0.396 e. The van der Waals surface area contributed by atoms with Gasteiger partial charge in [-0.05, 0) is 25.3 Å². The second-order valence-electron chi connectivity index (χ2n) is 3.45. The van der Waals surface area contributed by atoms with Crippen molar-refractivity contribution in [2.24, 2.45) is 0 Å². The molecule has 2 aromatic heterocycles. The smallest absolute Gasteiger partial charge is 0.163 e. The van der Waals surface area contributed by atoms with Crippen LogP contribution in [0.3, 0.4) is 0 Å². The Bertz CT molecular complexity index is 497. The van der Waals surface area contributed by atoms with Gasteiger partial charge in [0.2, 0.25) is 0 Å². The van der Waals surface area contributed by atoms with Gasteiger partial charge in [-0.3, -0.25) is 4.79 Å². The number of anilines is 1. The molecule has 0 saturated heterocycles. The van der Waals surface area contributed by atoms with Crippen LogP contribution < -0.4 is 5.73 Å². The molecule has 2 rings (SSSR count). The first kappa shape index (κ1) is 9.98. The number of rotatable bonds is 2. The zero-order valence-electron chi connectivity index (χ0n) is 8.63. The van der Waals surface area contributed by atoms with Crippen molar-refractivity contribution < 1.29 is 4.79 Å². The summed E-state index contributed by atoms with van der Waals surface area (Å²) in [5.74, 6) is 0.00376. The van der Waals surface area contributed by atoms with Crippen LogP contribution in [0.25, 0.3) is 10.6 Å². The summed E-state index contributed by atoms with van der Waals surface area (Å²) in [6, 6.07) is 3.94. The highest BCUT2D eigenvalue weighted by Gasteiger charge is 2.17. The van der Waals surface area contributed by atoms with Gasteiger partial charge in [-0.15, -0.1) is 11.3 Å². The molecule has 0 aliphatic heterocycles. The lowest BCUT2D eigenvalue weighted by Crippen LogP contribution is -1.98. The average Bonchev–Trinajstić information content (AvgIpc) is 2.72. The van der Waals surface area contributed by atoms with Crippen LogP contribution in [0.5, 0.6) is 0 Å². The molecule has 3 N–H and O–H groups in total. The van der Waals surface area contributed by atoms with Gasteiger partial charge in [-0.2, -0.15) is 0 Å². The monoisotopic (exact) mass is 220 g/mol. The van der Waals surface area contributed by atoms with Gasteiger partial charge >= 0.3 is 0 Å². The molecule has 0 spiro atoms. The standard InChI is InChI=1S/C11H12N2OS/c1-6-9(7(2)14)10(12)11(13-6)8-4-3-5-15-8/h3-5,13H,12H2,1-2H3. The zero-order valence-corrected chi connectivity index (χ0v) is 9.44. The van der Waals surface area contributed by atoms with Gasteiger partial charge in [-0.25, -0.2) is 0 Å². The number of nitrogen functional groups attached to an aromatic ring is 1. The third-order valence-electron chi connectivity index (χ3n) is 2.35. The van der Waals surface area contributed by atoms with Crippen molar-refractivity contribution in [3.05, 3.63) is 28.8 Å². The fourth-order valence-electron chi connectivity index (χ4n) is 1.71. The molecule has 0 bridgehead atoms. The van der Waals surface area contributed by atoms with E-state index in [1.165, 1.54) is 6.92 Å². The number of aromatic amines is 1. The Kier molecular flexibility index (Phi) is 2.36. The molecule has 3 nitrogen and oxygen atoms in total. The van der Waals surface area contributed by atoms with E-state index >= 15 is 0 Å². The molecule has 0 atom stereocenters. The van der Waals surface area contributed by atoms with Crippen molar-refractivity contribution in [1.82, 2.24) is 4.98 Å². The van der Waals surface area contributed by atoms with Crippen LogP contribution in [0.4, 0.5) is 5.69 Å². The summed E-state index contributed by atoms with van der Waals surface area (Å²) >= 11 is 1.60. The molecule has 0 aromatic carbocycles. The lowest BCUT2D eigenvalue weighted by molar-refractivity contribution is 0.101. The van der Waals surface area contributed by atoms with E-state index in [-0.39, 0.29) is 5.78 Å². The van der Waals surface area contributed by atoms with Crippen LogP contribution in [0, 0.1) is 6.92 Å². The van der Waals surface area contributed by atoms with Crippen LogP contribution in [-0.4, -0.2) is 10.8 Å². The number of nitrogens with two attached hydrogens (primary N) is 1. The van der Waals surface area contributed by atoms with Gasteiger partial charge in [0.25, 0.3) is 0 Å². The lowest BCUT2D eigenvalue weighted by Gasteiger charge is -1.96. The van der Waals surface area contributed by atoms with Crippen LogP contribution in [-0.2, 0) is 0 Å². The molecule has 0 aliphatic rings. The third-order valence-corrected chi connectivity index (χ3v) is 3.23. The number of nitrogens with one attached hydrogen (secondary N) is 1. The minimum absolute atomic E-state index is 0.00376. The van der Waals surface area contributed by atoms with E-state index in [0.717, 1.165) is 16.3 Å². The van der Waals surface area contributed by atoms with E-state index in [0.29, 0.717) is 11.3 Å². The molecule has 0 unspecified atom stereocenters. The Labute approximate surface area is 91.9 Å². The number of H-pyrrole nitrogens is 1. The second-order valence-corrected chi connectivity index (χ2v) is 4.39. The topological polar surface area (TPSA) is 58.9 Å². The number of hydrogen-bond donors (Lipinski definition) is 2. The van der Waals surface area contributed by atoms with E-state index < -0.39 is 0 Å². The summed E-state index contributed by atoms with van der Waals surface area (Å²) in [6.45, 7) is 3.40. The molecule has 0 radical (unpaired) electrons. The number of carbonyl (C=O) groups excluding carboxylic acids is 1. The van der Waals surface area contributed by atoms with E-state index in [9.17, 15) is 4.79 Å². The fraction of sp³-hybridized carbons (Fsp3) is 0.182. The van der Waals surface area contributed by atoms with Crippen molar-refractivity contribution in [1.29, 1.82) is 0 Å². The maximum Gasteiger partial charge on any atom is 0.163 e. The predicted molar refractivity (Wildman–Crippen MR) is 63.3 cm³/mol. The summed E-state index contributed by atoms with van der Waals surface area (Å²) in [5, 5.41) is 1.98. The van der Waals surface area contributed by atoms with Crippen molar-refractivity contribution in [3.8, 4) is 10.6 Å². The minimum Gasteiger partial charge on any atom is -0.396 e. The third kappa shape index (κ3) is 1.57.